The van der Waals surface area contributed by atoms with E-state index in [1.807, 2.05) is 24.3 Å². The summed E-state index contributed by atoms with van der Waals surface area (Å²) in [7, 11) is 1.60. The first-order valence-corrected chi connectivity index (χ1v) is 10.9. The number of methoxy groups -OCH3 is 1. The average Bonchev–Trinajstić information content (AvgIpc) is 2.84. The van der Waals surface area contributed by atoms with Crippen molar-refractivity contribution in [3.8, 4) is 29.1 Å². The molecular weight excluding hydrogens is 408 g/mol. The van der Waals surface area contributed by atoms with E-state index in [4.69, 9.17) is 18.9 Å². The van der Waals surface area contributed by atoms with E-state index in [1.165, 1.54) is 0 Å². The van der Waals surface area contributed by atoms with E-state index in [9.17, 15) is 9.59 Å². The molecule has 0 spiro atoms. The fourth-order valence-electron chi connectivity index (χ4n) is 4.16. The quantitative estimate of drug-likeness (QED) is 0.534. The first kappa shape index (κ1) is 21.8. The standard InChI is InChI=1S/C26H26O6/c1-3-30-25(28)19-6-4-18(5-7-19)10-13-26(14-11-20(27)12-15-26)21-8-9-22(29-2)24-23(21)31-16-17-32-24/h4-9H,3,11-12,14-17H2,1-2H3. The van der Waals surface area contributed by atoms with E-state index in [2.05, 4.69) is 11.8 Å². The highest BCUT2D eigenvalue weighted by molar-refractivity contribution is 5.89. The van der Waals surface area contributed by atoms with Gasteiger partial charge >= 0.3 is 5.97 Å². The number of hydrogen-bond donors (Lipinski definition) is 0. The molecule has 0 saturated heterocycles. The fraction of sp³-hybridized carbons (Fsp3) is 0.385. The second-order valence-electron chi connectivity index (χ2n) is 7.84. The van der Waals surface area contributed by atoms with Gasteiger partial charge in [-0.2, -0.15) is 0 Å². The lowest BCUT2D eigenvalue weighted by Gasteiger charge is -2.35. The second-order valence-corrected chi connectivity index (χ2v) is 7.84. The predicted octanol–water partition coefficient (Wildman–Crippen LogP) is 4.08. The third-order valence-corrected chi connectivity index (χ3v) is 5.89. The summed E-state index contributed by atoms with van der Waals surface area (Å²) in [6.07, 6.45) is 2.17. The number of rotatable bonds is 4. The Balaban J connectivity index is 1.72. The van der Waals surface area contributed by atoms with Gasteiger partial charge in [0, 0.05) is 24.0 Å². The van der Waals surface area contributed by atoms with Crippen molar-refractivity contribution in [3.63, 3.8) is 0 Å². The molecule has 0 radical (unpaired) electrons. The van der Waals surface area contributed by atoms with Gasteiger partial charge in [-0.1, -0.05) is 11.8 Å². The molecule has 1 aliphatic heterocycles. The molecule has 4 rings (SSSR count). The van der Waals surface area contributed by atoms with E-state index in [0.29, 0.717) is 68.3 Å². The molecule has 2 aromatic carbocycles. The van der Waals surface area contributed by atoms with Crippen LogP contribution < -0.4 is 14.2 Å². The summed E-state index contributed by atoms with van der Waals surface area (Å²) < 4.78 is 22.3. The molecule has 0 amide bonds. The topological polar surface area (TPSA) is 71.1 Å². The molecule has 1 aliphatic carbocycles. The zero-order chi connectivity index (χ0) is 22.6. The van der Waals surface area contributed by atoms with E-state index < -0.39 is 5.41 Å². The van der Waals surface area contributed by atoms with E-state index in [0.717, 1.165) is 11.1 Å². The van der Waals surface area contributed by atoms with Crippen molar-refractivity contribution < 1.29 is 28.5 Å². The maximum Gasteiger partial charge on any atom is 0.338 e. The third kappa shape index (κ3) is 4.29. The minimum absolute atomic E-state index is 0.251. The molecule has 1 saturated carbocycles. The lowest BCUT2D eigenvalue weighted by Crippen LogP contribution is -2.32. The average molecular weight is 434 g/mol. The van der Waals surface area contributed by atoms with Gasteiger partial charge in [0.2, 0.25) is 5.75 Å². The van der Waals surface area contributed by atoms with Crippen LogP contribution in [0.5, 0.6) is 17.2 Å². The Morgan fingerprint density at radius 3 is 2.38 bits per heavy atom. The Kier molecular flexibility index (Phi) is 6.36. The molecule has 166 valence electrons. The number of ether oxygens (including phenoxy) is 4. The van der Waals surface area contributed by atoms with E-state index >= 15 is 0 Å². The molecule has 0 bridgehead atoms. The molecular formula is C26H26O6. The Bertz CT molecular complexity index is 1060. The summed E-state index contributed by atoms with van der Waals surface area (Å²) >= 11 is 0. The number of carbonyl (C=O) groups is 2. The molecule has 1 fully saturated rings. The Morgan fingerprint density at radius 1 is 1.03 bits per heavy atom. The van der Waals surface area contributed by atoms with Crippen molar-refractivity contribution in [2.45, 2.75) is 38.0 Å². The van der Waals surface area contributed by atoms with Crippen LogP contribution in [0.25, 0.3) is 0 Å². The van der Waals surface area contributed by atoms with Crippen molar-refractivity contribution in [1.29, 1.82) is 0 Å². The number of Topliss-reactive ketones (excluding diaryl/α,β-unsaturated/α-hetero) is 1. The SMILES string of the molecule is CCOC(=O)c1ccc(C#CC2(c3ccc(OC)c4c3OCCO4)CCC(=O)CC2)cc1. The van der Waals surface area contributed by atoms with Gasteiger partial charge in [-0.25, -0.2) is 4.79 Å². The summed E-state index contributed by atoms with van der Waals surface area (Å²) in [5.74, 6) is 8.48. The number of hydrogen-bond acceptors (Lipinski definition) is 6. The summed E-state index contributed by atoms with van der Waals surface area (Å²) in [5.41, 5.74) is 1.67. The van der Waals surface area contributed by atoms with Crippen molar-refractivity contribution in [2.24, 2.45) is 0 Å². The summed E-state index contributed by atoms with van der Waals surface area (Å²) in [6, 6.07) is 10.9. The highest BCUT2D eigenvalue weighted by Gasteiger charge is 2.39. The van der Waals surface area contributed by atoms with Crippen molar-refractivity contribution in [2.75, 3.05) is 26.9 Å². The minimum atomic E-state index is -0.537. The highest BCUT2D eigenvalue weighted by Crippen LogP contribution is 2.49. The monoisotopic (exact) mass is 434 g/mol. The van der Waals surface area contributed by atoms with Crippen LogP contribution in [-0.2, 0) is 14.9 Å². The Hall–Kier alpha value is -3.46. The molecule has 0 unspecified atom stereocenters. The van der Waals surface area contributed by atoms with Crippen LogP contribution in [-0.4, -0.2) is 38.7 Å². The normalized spacial score (nSPS) is 16.5. The van der Waals surface area contributed by atoms with Crippen molar-refractivity contribution in [3.05, 3.63) is 53.1 Å². The predicted molar refractivity (Wildman–Crippen MR) is 118 cm³/mol. The second kappa shape index (κ2) is 9.35. The van der Waals surface area contributed by atoms with E-state index in [1.54, 1.807) is 26.2 Å². The van der Waals surface area contributed by atoms with Crippen LogP contribution in [0.1, 0.15) is 54.1 Å². The minimum Gasteiger partial charge on any atom is -0.493 e. The lowest BCUT2D eigenvalue weighted by molar-refractivity contribution is -0.121. The van der Waals surface area contributed by atoms with Crippen LogP contribution in [0.2, 0.25) is 0 Å². The van der Waals surface area contributed by atoms with E-state index in [-0.39, 0.29) is 11.8 Å². The van der Waals surface area contributed by atoms with Gasteiger partial charge in [0.25, 0.3) is 0 Å². The van der Waals surface area contributed by atoms with Gasteiger partial charge in [0.05, 0.1) is 24.7 Å². The Labute approximate surface area is 187 Å². The first-order valence-electron chi connectivity index (χ1n) is 10.9. The zero-order valence-corrected chi connectivity index (χ0v) is 18.4. The van der Waals surface area contributed by atoms with Crippen LogP contribution in [0, 0.1) is 11.8 Å². The van der Waals surface area contributed by atoms with Crippen LogP contribution in [0.3, 0.4) is 0 Å². The molecule has 32 heavy (non-hydrogen) atoms. The molecule has 0 aromatic heterocycles. The molecule has 2 aromatic rings. The van der Waals surface area contributed by atoms with Crippen molar-refractivity contribution >= 4 is 11.8 Å². The zero-order valence-electron chi connectivity index (χ0n) is 18.4. The number of benzene rings is 2. The maximum atomic E-state index is 12.0. The molecule has 0 atom stereocenters. The van der Waals surface area contributed by atoms with Crippen LogP contribution >= 0.6 is 0 Å². The van der Waals surface area contributed by atoms with Gasteiger partial charge in [-0.05, 0) is 56.2 Å². The molecule has 6 heteroatoms. The summed E-state index contributed by atoms with van der Waals surface area (Å²) in [5, 5.41) is 0. The lowest BCUT2D eigenvalue weighted by atomic mass is 9.69. The van der Waals surface area contributed by atoms with Gasteiger partial charge in [-0.3, -0.25) is 4.79 Å². The summed E-state index contributed by atoms with van der Waals surface area (Å²) in [6.45, 7) is 3.01. The molecule has 2 aliphatic rings. The Morgan fingerprint density at radius 2 is 1.72 bits per heavy atom. The third-order valence-electron chi connectivity index (χ3n) is 5.89. The smallest absolute Gasteiger partial charge is 0.338 e. The molecule has 0 N–H and O–H groups in total. The largest absolute Gasteiger partial charge is 0.493 e. The summed E-state index contributed by atoms with van der Waals surface area (Å²) in [4.78, 5) is 23.9. The number of ketones is 1. The molecule has 1 heterocycles. The van der Waals surface area contributed by atoms with Crippen LogP contribution in [0.4, 0.5) is 0 Å². The number of fused-ring (bicyclic) bond motifs is 1. The van der Waals surface area contributed by atoms with Gasteiger partial charge in [0.15, 0.2) is 11.5 Å². The van der Waals surface area contributed by atoms with Gasteiger partial charge < -0.3 is 18.9 Å². The molecule has 6 nitrogen and oxygen atoms in total. The first-order chi connectivity index (χ1) is 15.6. The van der Waals surface area contributed by atoms with Gasteiger partial charge in [0.1, 0.15) is 19.0 Å². The highest BCUT2D eigenvalue weighted by atomic mass is 16.6. The van der Waals surface area contributed by atoms with Crippen LogP contribution in [0.15, 0.2) is 36.4 Å². The fourth-order valence-corrected chi connectivity index (χ4v) is 4.16. The van der Waals surface area contributed by atoms with Crippen molar-refractivity contribution in [1.82, 2.24) is 0 Å². The maximum absolute atomic E-state index is 12.0. The number of esters is 1. The number of carbonyl (C=O) groups excluding carboxylic acids is 2. The van der Waals surface area contributed by atoms with Gasteiger partial charge in [-0.15, -0.1) is 0 Å².